The SMILES string of the molecule is Clc1nc(CC2CCCCO2)nc(Cl)c1C1CCCC1. The predicted molar refractivity (Wildman–Crippen MR) is 80.6 cm³/mol. The Bertz CT molecular complexity index is 446. The number of hydrogen-bond acceptors (Lipinski definition) is 3. The molecule has 0 radical (unpaired) electrons. The van der Waals surface area contributed by atoms with Crippen LogP contribution in [0.5, 0.6) is 0 Å². The molecule has 1 aromatic rings. The fourth-order valence-corrected chi connectivity index (χ4v) is 4.00. The van der Waals surface area contributed by atoms with Crippen LogP contribution >= 0.6 is 23.2 Å². The van der Waals surface area contributed by atoms with Gasteiger partial charge in [-0.1, -0.05) is 36.0 Å². The molecule has 0 N–H and O–H groups in total. The van der Waals surface area contributed by atoms with Crippen LogP contribution in [-0.2, 0) is 11.2 Å². The summed E-state index contributed by atoms with van der Waals surface area (Å²) < 4.78 is 5.73. The van der Waals surface area contributed by atoms with E-state index in [4.69, 9.17) is 27.9 Å². The Morgan fingerprint density at radius 1 is 0.950 bits per heavy atom. The summed E-state index contributed by atoms with van der Waals surface area (Å²) in [6.45, 7) is 0.840. The molecule has 5 heteroatoms. The van der Waals surface area contributed by atoms with Crippen LogP contribution in [0, 0.1) is 0 Å². The first kappa shape index (κ1) is 14.6. The van der Waals surface area contributed by atoms with Crippen molar-refractivity contribution in [1.29, 1.82) is 0 Å². The summed E-state index contributed by atoms with van der Waals surface area (Å²) in [5, 5.41) is 1.09. The number of rotatable bonds is 3. The Kier molecular flexibility index (Phi) is 4.79. The van der Waals surface area contributed by atoms with E-state index in [0.29, 0.717) is 28.5 Å². The van der Waals surface area contributed by atoms with Crippen LogP contribution in [0.25, 0.3) is 0 Å². The van der Waals surface area contributed by atoms with Crippen molar-refractivity contribution in [3.63, 3.8) is 0 Å². The molecule has 1 aliphatic carbocycles. The van der Waals surface area contributed by atoms with Crippen molar-refractivity contribution in [3.05, 3.63) is 21.7 Å². The zero-order chi connectivity index (χ0) is 13.9. The molecule has 3 nitrogen and oxygen atoms in total. The Morgan fingerprint density at radius 2 is 1.60 bits per heavy atom. The molecule has 0 amide bonds. The molecule has 110 valence electrons. The van der Waals surface area contributed by atoms with E-state index in [9.17, 15) is 0 Å². The van der Waals surface area contributed by atoms with Crippen LogP contribution < -0.4 is 0 Å². The van der Waals surface area contributed by atoms with Gasteiger partial charge in [0.1, 0.15) is 16.1 Å². The van der Waals surface area contributed by atoms with E-state index in [2.05, 4.69) is 9.97 Å². The number of hydrogen-bond donors (Lipinski definition) is 0. The van der Waals surface area contributed by atoms with Gasteiger partial charge in [-0.05, 0) is 38.0 Å². The largest absolute Gasteiger partial charge is 0.378 e. The maximum absolute atomic E-state index is 6.36. The van der Waals surface area contributed by atoms with Crippen molar-refractivity contribution in [1.82, 2.24) is 9.97 Å². The molecule has 0 bridgehead atoms. The Hall–Kier alpha value is -0.380. The molecule has 1 saturated heterocycles. The fourth-order valence-electron chi connectivity index (χ4n) is 3.27. The van der Waals surface area contributed by atoms with Crippen molar-refractivity contribution >= 4 is 23.2 Å². The average Bonchev–Trinajstić information content (AvgIpc) is 2.93. The highest BCUT2D eigenvalue weighted by Crippen LogP contribution is 2.40. The number of ether oxygens (including phenoxy) is 1. The summed E-state index contributed by atoms with van der Waals surface area (Å²) >= 11 is 12.7. The van der Waals surface area contributed by atoms with Crippen LogP contribution in [-0.4, -0.2) is 22.7 Å². The monoisotopic (exact) mass is 314 g/mol. The molecule has 2 aliphatic rings. The molecule has 1 aliphatic heterocycles. The first-order valence-corrected chi connectivity index (χ1v) is 8.33. The standard InChI is InChI=1S/C15H20Cl2N2O/c16-14-13(10-5-1-2-6-10)15(17)19-12(18-14)9-11-7-3-4-8-20-11/h10-11H,1-9H2. The summed E-state index contributed by atoms with van der Waals surface area (Å²) in [7, 11) is 0. The van der Waals surface area contributed by atoms with E-state index in [1.54, 1.807) is 0 Å². The van der Waals surface area contributed by atoms with E-state index >= 15 is 0 Å². The van der Waals surface area contributed by atoms with Crippen LogP contribution in [0.2, 0.25) is 10.3 Å². The highest BCUT2D eigenvalue weighted by atomic mass is 35.5. The smallest absolute Gasteiger partial charge is 0.137 e. The quantitative estimate of drug-likeness (QED) is 0.767. The minimum absolute atomic E-state index is 0.216. The fraction of sp³-hybridized carbons (Fsp3) is 0.733. The third-order valence-electron chi connectivity index (χ3n) is 4.35. The lowest BCUT2D eigenvalue weighted by molar-refractivity contribution is 0.0156. The Morgan fingerprint density at radius 3 is 2.20 bits per heavy atom. The summed E-state index contributed by atoms with van der Waals surface area (Å²) in [5.41, 5.74) is 0.958. The van der Waals surface area contributed by atoms with Crippen molar-refractivity contribution in [2.24, 2.45) is 0 Å². The highest BCUT2D eigenvalue weighted by Gasteiger charge is 2.25. The van der Waals surface area contributed by atoms with Gasteiger partial charge in [0.2, 0.25) is 0 Å². The first-order valence-electron chi connectivity index (χ1n) is 7.57. The third-order valence-corrected chi connectivity index (χ3v) is 4.92. The second kappa shape index (κ2) is 6.59. The topological polar surface area (TPSA) is 35.0 Å². The van der Waals surface area contributed by atoms with Crippen molar-refractivity contribution < 1.29 is 4.74 Å². The van der Waals surface area contributed by atoms with E-state index in [0.717, 1.165) is 37.9 Å². The maximum Gasteiger partial charge on any atom is 0.137 e. The molecule has 1 unspecified atom stereocenters. The van der Waals surface area contributed by atoms with Gasteiger partial charge in [0, 0.05) is 18.6 Å². The predicted octanol–water partition coefficient (Wildman–Crippen LogP) is 4.55. The third kappa shape index (κ3) is 3.26. The van der Waals surface area contributed by atoms with E-state index in [1.165, 1.54) is 19.3 Å². The zero-order valence-electron chi connectivity index (χ0n) is 11.6. The summed E-state index contributed by atoms with van der Waals surface area (Å²) in [6, 6.07) is 0. The van der Waals surface area contributed by atoms with E-state index in [1.807, 2.05) is 0 Å². The van der Waals surface area contributed by atoms with Crippen LogP contribution in [0.15, 0.2) is 0 Å². The van der Waals surface area contributed by atoms with Gasteiger partial charge in [-0.25, -0.2) is 9.97 Å². The van der Waals surface area contributed by atoms with Gasteiger partial charge in [-0.2, -0.15) is 0 Å². The number of halogens is 2. The van der Waals surface area contributed by atoms with Gasteiger partial charge in [0.15, 0.2) is 0 Å². The molecular formula is C15H20Cl2N2O. The Balaban J connectivity index is 1.76. The molecule has 2 fully saturated rings. The lowest BCUT2D eigenvalue weighted by Gasteiger charge is -2.22. The average molecular weight is 315 g/mol. The number of nitrogens with zero attached hydrogens (tertiary/aromatic N) is 2. The van der Waals surface area contributed by atoms with Gasteiger partial charge in [-0.3, -0.25) is 0 Å². The molecule has 20 heavy (non-hydrogen) atoms. The Labute approximate surface area is 130 Å². The van der Waals surface area contributed by atoms with Crippen molar-refractivity contribution in [2.75, 3.05) is 6.61 Å². The van der Waals surface area contributed by atoms with Crippen LogP contribution in [0.3, 0.4) is 0 Å². The van der Waals surface area contributed by atoms with E-state index < -0.39 is 0 Å². The van der Waals surface area contributed by atoms with Gasteiger partial charge in [-0.15, -0.1) is 0 Å². The molecule has 3 rings (SSSR count). The molecule has 1 saturated carbocycles. The number of aromatic nitrogens is 2. The van der Waals surface area contributed by atoms with Crippen LogP contribution in [0.4, 0.5) is 0 Å². The van der Waals surface area contributed by atoms with Crippen molar-refractivity contribution in [3.8, 4) is 0 Å². The summed E-state index contributed by atoms with van der Waals surface area (Å²) in [6.07, 6.45) is 9.15. The van der Waals surface area contributed by atoms with Gasteiger partial charge >= 0.3 is 0 Å². The lowest BCUT2D eigenvalue weighted by atomic mass is 10.0. The second-order valence-electron chi connectivity index (χ2n) is 5.81. The van der Waals surface area contributed by atoms with Gasteiger partial charge in [0.05, 0.1) is 6.10 Å². The molecule has 1 atom stereocenters. The summed E-state index contributed by atoms with van der Waals surface area (Å²) in [4.78, 5) is 8.93. The first-order chi connectivity index (χ1) is 9.74. The van der Waals surface area contributed by atoms with Gasteiger partial charge in [0.25, 0.3) is 0 Å². The van der Waals surface area contributed by atoms with Crippen molar-refractivity contribution in [2.45, 2.75) is 63.4 Å². The minimum Gasteiger partial charge on any atom is -0.378 e. The van der Waals surface area contributed by atoms with E-state index in [-0.39, 0.29) is 6.10 Å². The molecule has 0 spiro atoms. The van der Waals surface area contributed by atoms with Crippen LogP contribution in [0.1, 0.15) is 62.3 Å². The zero-order valence-corrected chi connectivity index (χ0v) is 13.1. The minimum atomic E-state index is 0.216. The maximum atomic E-state index is 6.36. The van der Waals surface area contributed by atoms with Gasteiger partial charge < -0.3 is 4.74 Å². The lowest BCUT2D eigenvalue weighted by Crippen LogP contribution is -2.22. The highest BCUT2D eigenvalue weighted by molar-refractivity contribution is 6.34. The summed E-state index contributed by atoms with van der Waals surface area (Å²) in [5.74, 6) is 1.16. The molecule has 1 aromatic heterocycles. The molecule has 2 heterocycles. The molecule has 0 aromatic carbocycles. The second-order valence-corrected chi connectivity index (χ2v) is 6.53. The molecular weight excluding hydrogens is 295 g/mol. The normalized spacial score (nSPS) is 24.2.